The van der Waals surface area contributed by atoms with E-state index in [1.54, 1.807) is 12.1 Å². The van der Waals surface area contributed by atoms with Gasteiger partial charge in [-0.2, -0.15) is 4.31 Å². The van der Waals surface area contributed by atoms with Crippen molar-refractivity contribution in [2.45, 2.75) is 38.0 Å². The van der Waals surface area contributed by atoms with E-state index >= 15 is 0 Å². The predicted octanol–water partition coefficient (Wildman–Crippen LogP) is 3.38. The Bertz CT molecular complexity index is 954. The number of rotatable bonds is 8. The van der Waals surface area contributed by atoms with Crippen molar-refractivity contribution in [2.24, 2.45) is 0 Å². The van der Waals surface area contributed by atoms with Gasteiger partial charge in [0.2, 0.25) is 15.9 Å². The maximum absolute atomic E-state index is 12.6. The molecule has 0 aromatic heterocycles. The Morgan fingerprint density at radius 1 is 1.07 bits per heavy atom. The van der Waals surface area contributed by atoms with Gasteiger partial charge >= 0.3 is 5.97 Å². The first-order chi connectivity index (χ1) is 13.6. The van der Waals surface area contributed by atoms with Gasteiger partial charge in [-0.25, -0.2) is 8.42 Å². The molecule has 7 nitrogen and oxygen atoms in total. The van der Waals surface area contributed by atoms with Crippen LogP contribution in [0, 0.1) is 0 Å². The molecule has 156 valence electrons. The van der Waals surface area contributed by atoms with Crippen molar-refractivity contribution in [3.05, 3.63) is 54.1 Å². The smallest absolute Gasteiger partial charge is 0.326 e. The highest BCUT2D eigenvalue weighted by atomic mass is 32.2. The van der Waals surface area contributed by atoms with Gasteiger partial charge in [0.05, 0.1) is 4.90 Å². The number of hydrogen-bond donors (Lipinski definition) is 1. The second-order valence-corrected chi connectivity index (χ2v) is 8.86. The highest BCUT2D eigenvalue weighted by molar-refractivity contribution is 7.89. The first kappa shape index (κ1) is 22.6. The van der Waals surface area contributed by atoms with E-state index in [0.717, 1.165) is 16.3 Å². The van der Waals surface area contributed by atoms with Gasteiger partial charge in [0.15, 0.2) is 0 Å². The first-order valence-corrected chi connectivity index (χ1v) is 10.7. The minimum absolute atomic E-state index is 0.0137. The molecule has 0 bridgehead atoms. The molecule has 0 saturated carbocycles. The SMILES string of the molecule is CC[C@H](C)c1ccc(OC(=O)CN(C)S(=O)(=O)c2ccc(NC(C)=O)cc2)cc1. The maximum Gasteiger partial charge on any atom is 0.326 e. The molecule has 0 unspecified atom stereocenters. The molecule has 29 heavy (non-hydrogen) atoms. The van der Waals surface area contributed by atoms with Crippen molar-refractivity contribution in [3.8, 4) is 5.75 Å². The third-order valence-electron chi connectivity index (χ3n) is 4.53. The summed E-state index contributed by atoms with van der Waals surface area (Å²) in [5, 5.41) is 2.57. The minimum Gasteiger partial charge on any atom is -0.426 e. The molecule has 0 aliphatic carbocycles. The van der Waals surface area contributed by atoms with E-state index in [4.69, 9.17) is 4.74 Å². The van der Waals surface area contributed by atoms with Crippen LogP contribution in [0.5, 0.6) is 5.75 Å². The van der Waals surface area contributed by atoms with Crippen LogP contribution >= 0.6 is 0 Å². The summed E-state index contributed by atoms with van der Waals surface area (Å²) in [5.41, 5.74) is 1.63. The normalized spacial score (nSPS) is 12.4. The van der Waals surface area contributed by atoms with Gasteiger partial charge in [0.1, 0.15) is 12.3 Å². The fourth-order valence-corrected chi connectivity index (χ4v) is 3.74. The van der Waals surface area contributed by atoms with E-state index in [0.29, 0.717) is 17.4 Å². The van der Waals surface area contributed by atoms with Crippen molar-refractivity contribution in [3.63, 3.8) is 0 Å². The molecular formula is C21H26N2O5S. The number of nitrogens with one attached hydrogen (secondary N) is 1. The van der Waals surface area contributed by atoms with Gasteiger partial charge in [0, 0.05) is 19.7 Å². The van der Waals surface area contributed by atoms with Crippen LogP contribution in [0.25, 0.3) is 0 Å². The van der Waals surface area contributed by atoms with Crippen molar-refractivity contribution in [2.75, 3.05) is 18.9 Å². The van der Waals surface area contributed by atoms with E-state index in [1.807, 2.05) is 12.1 Å². The van der Waals surface area contributed by atoms with Crippen LogP contribution in [0.15, 0.2) is 53.4 Å². The number of benzene rings is 2. The van der Waals surface area contributed by atoms with Crippen LogP contribution in [0.3, 0.4) is 0 Å². The summed E-state index contributed by atoms with van der Waals surface area (Å²) in [6.45, 7) is 5.15. The monoisotopic (exact) mass is 418 g/mol. The molecule has 2 aromatic carbocycles. The molecule has 0 fully saturated rings. The third kappa shape index (κ3) is 6.13. The number of carbonyl (C=O) groups excluding carboxylic acids is 2. The van der Waals surface area contributed by atoms with E-state index in [2.05, 4.69) is 19.2 Å². The molecule has 1 N–H and O–H groups in total. The Hall–Kier alpha value is -2.71. The number of carbonyl (C=O) groups is 2. The van der Waals surface area contributed by atoms with Crippen LogP contribution < -0.4 is 10.1 Å². The van der Waals surface area contributed by atoms with E-state index in [9.17, 15) is 18.0 Å². The first-order valence-electron chi connectivity index (χ1n) is 9.28. The van der Waals surface area contributed by atoms with E-state index < -0.39 is 22.5 Å². The molecule has 2 rings (SSSR count). The zero-order valence-electron chi connectivity index (χ0n) is 17.0. The van der Waals surface area contributed by atoms with Gasteiger partial charge in [-0.15, -0.1) is 0 Å². The fourth-order valence-electron chi connectivity index (χ4n) is 2.62. The number of sulfonamides is 1. The average Bonchev–Trinajstić information content (AvgIpc) is 2.67. The van der Waals surface area contributed by atoms with Crippen LogP contribution in [0.4, 0.5) is 5.69 Å². The summed E-state index contributed by atoms with van der Waals surface area (Å²) in [4.78, 5) is 23.2. The summed E-state index contributed by atoms with van der Waals surface area (Å²) < 4.78 is 31.5. The minimum atomic E-state index is -3.87. The summed E-state index contributed by atoms with van der Waals surface area (Å²) in [7, 11) is -2.56. The standard InChI is InChI=1S/C21H26N2O5S/c1-5-15(2)17-6-10-19(11-7-17)28-21(25)14-23(4)29(26,27)20-12-8-18(9-13-20)22-16(3)24/h6-13,15H,5,14H2,1-4H3,(H,22,24)/t15-/m0/s1. The number of ether oxygens (including phenoxy) is 1. The summed E-state index contributed by atoms with van der Waals surface area (Å²) in [6.07, 6.45) is 1.01. The lowest BCUT2D eigenvalue weighted by Gasteiger charge is -2.17. The lowest BCUT2D eigenvalue weighted by atomic mass is 9.99. The zero-order chi connectivity index (χ0) is 21.6. The topological polar surface area (TPSA) is 92.8 Å². The molecule has 1 atom stereocenters. The fraction of sp³-hybridized carbons (Fsp3) is 0.333. The van der Waals surface area contributed by atoms with Crippen LogP contribution in [0.2, 0.25) is 0 Å². The molecule has 1 amide bonds. The van der Waals surface area contributed by atoms with Gasteiger partial charge in [-0.05, 0) is 54.3 Å². The highest BCUT2D eigenvalue weighted by Crippen LogP contribution is 2.22. The highest BCUT2D eigenvalue weighted by Gasteiger charge is 2.24. The number of likely N-dealkylation sites (N-methyl/N-ethyl adjacent to an activating group) is 1. The molecule has 0 radical (unpaired) electrons. The quantitative estimate of drug-likeness (QED) is 0.524. The number of nitrogens with zero attached hydrogens (tertiary/aromatic N) is 1. The second kappa shape index (κ2) is 9.67. The van der Waals surface area contributed by atoms with Gasteiger partial charge in [-0.3, -0.25) is 9.59 Å². The summed E-state index contributed by atoms with van der Waals surface area (Å²) >= 11 is 0. The molecule has 0 spiro atoms. The number of anilines is 1. The Kier molecular flexibility index (Phi) is 7.53. The number of hydrogen-bond acceptors (Lipinski definition) is 5. The Labute approximate surface area is 171 Å². The van der Waals surface area contributed by atoms with Crippen LogP contribution in [-0.4, -0.2) is 38.2 Å². The Balaban J connectivity index is 2.01. The van der Waals surface area contributed by atoms with Gasteiger partial charge in [0.25, 0.3) is 0 Å². The lowest BCUT2D eigenvalue weighted by molar-refractivity contribution is -0.134. The Morgan fingerprint density at radius 2 is 1.66 bits per heavy atom. The van der Waals surface area contributed by atoms with E-state index in [-0.39, 0.29) is 10.8 Å². The number of esters is 1. The molecule has 8 heteroatoms. The molecule has 0 aliphatic rings. The molecular weight excluding hydrogens is 392 g/mol. The zero-order valence-corrected chi connectivity index (χ0v) is 17.8. The molecule has 0 saturated heterocycles. The van der Waals surface area contributed by atoms with Gasteiger partial charge in [-0.1, -0.05) is 26.0 Å². The van der Waals surface area contributed by atoms with Crippen molar-refractivity contribution in [1.82, 2.24) is 4.31 Å². The Morgan fingerprint density at radius 3 is 2.17 bits per heavy atom. The third-order valence-corrected chi connectivity index (χ3v) is 6.35. The lowest BCUT2D eigenvalue weighted by Crippen LogP contribution is -2.34. The molecule has 2 aromatic rings. The van der Waals surface area contributed by atoms with Crippen LogP contribution in [0.1, 0.15) is 38.7 Å². The molecule has 0 heterocycles. The summed E-state index contributed by atoms with van der Waals surface area (Å²) in [5.74, 6) is -0.152. The van der Waals surface area contributed by atoms with E-state index in [1.165, 1.54) is 38.2 Å². The van der Waals surface area contributed by atoms with Crippen molar-refractivity contribution >= 4 is 27.6 Å². The number of amides is 1. The van der Waals surface area contributed by atoms with Crippen molar-refractivity contribution in [1.29, 1.82) is 0 Å². The van der Waals surface area contributed by atoms with Gasteiger partial charge < -0.3 is 10.1 Å². The predicted molar refractivity (Wildman–Crippen MR) is 111 cm³/mol. The van der Waals surface area contributed by atoms with Crippen molar-refractivity contribution < 1.29 is 22.7 Å². The largest absolute Gasteiger partial charge is 0.426 e. The maximum atomic E-state index is 12.6. The second-order valence-electron chi connectivity index (χ2n) is 6.82. The molecule has 0 aliphatic heterocycles. The summed E-state index contributed by atoms with van der Waals surface area (Å²) in [6, 6.07) is 12.9. The average molecular weight is 419 g/mol. The van der Waals surface area contributed by atoms with Crippen LogP contribution in [-0.2, 0) is 19.6 Å².